The molecule has 1 saturated carbocycles. The fourth-order valence-corrected chi connectivity index (χ4v) is 3.37. The molecule has 0 aromatic heterocycles. The van der Waals surface area contributed by atoms with Crippen molar-refractivity contribution in [1.82, 2.24) is 0 Å². The largest absolute Gasteiger partial charge is 0.326 e. The highest BCUT2D eigenvalue weighted by Gasteiger charge is 2.35. The number of hydrogen-bond acceptors (Lipinski definition) is 3. The number of carbonyl (C=O) groups excluding carboxylic acids is 3. The molecule has 2 aromatic rings. The quantitative estimate of drug-likeness (QED) is 0.839. The standard InChI is InChI=1S/C22H23N3O3/c1-14-5-9-19(10-6-14)25-13-16(11-20(25)26)22(28)24-18-4-2-3-17(12-18)23-21(27)15-7-8-15/h2-6,9-10,12,15-16H,7-8,11,13H2,1H3,(H,23,27)(H,24,28). The topological polar surface area (TPSA) is 78.5 Å². The predicted molar refractivity (Wildman–Crippen MR) is 108 cm³/mol. The molecule has 6 nitrogen and oxygen atoms in total. The van der Waals surface area contributed by atoms with Crippen molar-refractivity contribution >= 4 is 34.8 Å². The van der Waals surface area contributed by atoms with Gasteiger partial charge < -0.3 is 15.5 Å². The summed E-state index contributed by atoms with van der Waals surface area (Å²) in [6.07, 6.45) is 2.07. The van der Waals surface area contributed by atoms with E-state index in [0.29, 0.717) is 17.9 Å². The Bertz CT molecular complexity index is 919. The van der Waals surface area contributed by atoms with E-state index in [1.54, 1.807) is 29.2 Å². The zero-order chi connectivity index (χ0) is 19.7. The van der Waals surface area contributed by atoms with E-state index in [4.69, 9.17) is 0 Å². The summed E-state index contributed by atoms with van der Waals surface area (Å²) in [6.45, 7) is 2.36. The normalized spacial score (nSPS) is 18.8. The first-order valence-electron chi connectivity index (χ1n) is 9.58. The summed E-state index contributed by atoms with van der Waals surface area (Å²) in [6, 6.07) is 14.8. The summed E-state index contributed by atoms with van der Waals surface area (Å²) in [7, 11) is 0. The van der Waals surface area contributed by atoms with Gasteiger partial charge in [-0.3, -0.25) is 14.4 Å². The van der Waals surface area contributed by atoms with E-state index >= 15 is 0 Å². The van der Waals surface area contributed by atoms with Gasteiger partial charge >= 0.3 is 0 Å². The van der Waals surface area contributed by atoms with Crippen molar-refractivity contribution in [3.05, 3.63) is 54.1 Å². The minimum atomic E-state index is -0.404. The molecule has 2 aliphatic rings. The molecule has 6 heteroatoms. The third kappa shape index (κ3) is 4.06. The lowest BCUT2D eigenvalue weighted by molar-refractivity contribution is -0.122. The molecule has 1 atom stereocenters. The van der Waals surface area contributed by atoms with Gasteiger partial charge in [0.1, 0.15) is 0 Å². The molecule has 0 spiro atoms. The average Bonchev–Trinajstić information content (AvgIpc) is 3.45. The number of aryl methyl sites for hydroxylation is 1. The molecule has 2 fully saturated rings. The Morgan fingerprint density at radius 3 is 2.14 bits per heavy atom. The third-order valence-electron chi connectivity index (χ3n) is 5.19. The van der Waals surface area contributed by atoms with Gasteiger partial charge in [-0.15, -0.1) is 0 Å². The predicted octanol–water partition coefficient (Wildman–Crippen LogP) is 3.34. The molecule has 0 bridgehead atoms. The van der Waals surface area contributed by atoms with Crippen LogP contribution in [0.1, 0.15) is 24.8 Å². The second kappa shape index (κ2) is 7.46. The highest BCUT2D eigenvalue weighted by molar-refractivity contribution is 6.03. The number of amides is 3. The third-order valence-corrected chi connectivity index (χ3v) is 5.19. The fraction of sp³-hybridized carbons (Fsp3) is 0.318. The second-order valence-corrected chi connectivity index (χ2v) is 7.57. The van der Waals surface area contributed by atoms with Crippen LogP contribution in [-0.4, -0.2) is 24.3 Å². The van der Waals surface area contributed by atoms with Crippen LogP contribution in [0.4, 0.5) is 17.1 Å². The molecule has 0 radical (unpaired) electrons. The van der Waals surface area contributed by atoms with E-state index in [0.717, 1.165) is 24.1 Å². The van der Waals surface area contributed by atoms with Crippen LogP contribution in [0.25, 0.3) is 0 Å². The van der Waals surface area contributed by atoms with Crippen molar-refractivity contribution in [3.8, 4) is 0 Å². The average molecular weight is 377 g/mol. The fourth-order valence-electron chi connectivity index (χ4n) is 3.37. The number of hydrogen-bond donors (Lipinski definition) is 2. The first-order valence-corrected chi connectivity index (χ1v) is 9.58. The number of nitrogens with zero attached hydrogens (tertiary/aromatic N) is 1. The smallest absolute Gasteiger partial charge is 0.229 e. The van der Waals surface area contributed by atoms with Crippen LogP contribution >= 0.6 is 0 Å². The summed E-state index contributed by atoms with van der Waals surface area (Å²) >= 11 is 0. The molecule has 1 aliphatic heterocycles. The van der Waals surface area contributed by atoms with Gasteiger partial charge in [0.15, 0.2) is 0 Å². The first-order chi connectivity index (χ1) is 13.5. The van der Waals surface area contributed by atoms with Crippen LogP contribution in [0, 0.1) is 18.8 Å². The molecular weight excluding hydrogens is 354 g/mol. The van der Waals surface area contributed by atoms with Crippen molar-refractivity contribution in [2.24, 2.45) is 11.8 Å². The van der Waals surface area contributed by atoms with Gasteiger partial charge in [0.25, 0.3) is 0 Å². The van der Waals surface area contributed by atoms with E-state index < -0.39 is 5.92 Å². The number of anilines is 3. The van der Waals surface area contributed by atoms with Gasteiger partial charge in [-0.05, 0) is 50.1 Å². The molecular formula is C22H23N3O3. The highest BCUT2D eigenvalue weighted by atomic mass is 16.2. The van der Waals surface area contributed by atoms with E-state index in [1.165, 1.54) is 0 Å². The van der Waals surface area contributed by atoms with E-state index in [1.807, 2.05) is 31.2 Å². The van der Waals surface area contributed by atoms with Crippen LogP contribution < -0.4 is 15.5 Å². The molecule has 1 unspecified atom stereocenters. The number of rotatable bonds is 5. The molecule has 28 heavy (non-hydrogen) atoms. The van der Waals surface area contributed by atoms with Gasteiger partial charge in [-0.2, -0.15) is 0 Å². The monoisotopic (exact) mass is 377 g/mol. The maximum absolute atomic E-state index is 12.7. The van der Waals surface area contributed by atoms with Crippen molar-refractivity contribution in [1.29, 1.82) is 0 Å². The Labute approximate surface area is 163 Å². The Kier molecular flexibility index (Phi) is 4.86. The van der Waals surface area contributed by atoms with Gasteiger partial charge in [0.05, 0.1) is 5.92 Å². The molecule has 2 aromatic carbocycles. The second-order valence-electron chi connectivity index (χ2n) is 7.57. The van der Waals surface area contributed by atoms with Crippen molar-refractivity contribution in [3.63, 3.8) is 0 Å². The van der Waals surface area contributed by atoms with Crippen LogP contribution in [0.5, 0.6) is 0 Å². The van der Waals surface area contributed by atoms with E-state index in [-0.39, 0.29) is 30.1 Å². The van der Waals surface area contributed by atoms with Crippen molar-refractivity contribution < 1.29 is 14.4 Å². The number of benzene rings is 2. The van der Waals surface area contributed by atoms with Gasteiger partial charge in [-0.1, -0.05) is 23.8 Å². The molecule has 2 N–H and O–H groups in total. The summed E-state index contributed by atoms with van der Waals surface area (Å²) in [5.74, 6) is -0.490. The molecule has 1 heterocycles. The SMILES string of the molecule is Cc1ccc(N2CC(C(=O)Nc3cccc(NC(=O)C4CC4)c3)CC2=O)cc1. The number of nitrogens with one attached hydrogen (secondary N) is 2. The maximum atomic E-state index is 12.7. The van der Waals surface area contributed by atoms with Gasteiger partial charge in [0.2, 0.25) is 17.7 Å². The molecule has 144 valence electrons. The molecule has 1 aliphatic carbocycles. The van der Waals surface area contributed by atoms with E-state index in [2.05, 4.69) is 10.6 Å². The summed E-state index contributed by atoms with van der Waals surface area (Å²) in [5, 5.41) is 5.75. The van der Waals surface area contributed by atoms with E-state index in [9.17, 15) is 14.4 Å². The molecule has 3 amide bonds. The molecule has 4 rings (SSSR count). The Morgan fingerprint density at radius 1 is 0.929 bits per heavy atom. The lowest BCUT2D eigenvalue weighted by atomic mass is 10.1. The van der Waals surface area contributed by atoms with Gasteiger partial charge in [-0.25, -0.2) is 0 Å². The van der Waals surface area contributed by atoms with Crippen molar-refractivity contribution in [2.75, 3.05) is 22.1 Å². The maximum Gasteiger partial charge on any atom is 0.229 e. The summed E-state index contributed by atoms with van der Waals surface area (Å²) in [4.78, 5) is 38.6. The van der Waals surface area contributed by atoms with Crippen molar-refractivity contribution in [2.45, 2.75) is 26.2 Å². The lowest BCUT2D eigenvalue weighted by Crippen LogP contribution is -2.28. The zero-order valence-corrected chi connectivity index (χ0v) is 15.8. The zero-order valence-electron chi connectivity index (χ0n) is 15.8. The van der Waals surface area contributed by atoms with Crippen LogP contribution in [0.15, 0.2) is 48.5 Å². The van der Waals surface area contributed by atoms with Gasteiger partial charge in [0, 0.05) is 35.9 Å². The van der Waals surface area contributed by atoms with Crippen LogP contribution in [0.3, 0.4) is 0 Å². The minimum absolute atomic E-state index is 0.0265. The van der Waals surface area contributed by atoms with Crippen LogP contribution in [0.2, 0.25) is 0 Å². The lowest BCUT2D eigenvalue weighted by Gasteiger charge is -2.17. The summed E-state index contributed by atoms with van der Waals surface area (Å²) in [5.41, 5.74) is 3.22. The minimum Gasteiger partial charge on any atom is -0.326 e. The number of carbonyl (C=O) groups is 3. The highest BCUT2D eigenvalue weighted by Crippen LogP contribution is 2.31. The molecule has 1 saturated heterocycles. The van der Waals surface area contributed by atoms with Crippen LogP contribution in [-0.2, 0) is 14.4 Å². The Balaban J connectivity index is 1.39. The Hall–Kier alpha value is -3.15. The summed E-state index contributed by atoms with van der Waals surface area (Å²) < 4.78 is 0. The first kappa shape index (κ1) is 18.2. The Morgan fingerprint density at radius 2 is 1.54 bits per heavy atom.